The summed E-state index contributed by atoms with van der Waals surface area (Å²) in [7, 11) is 0. The average Bonchev–Trinajstić information content (AvgIpc) is 2.66. The molecule has 0 aliphatic carbocycles. The summed E-state index contributed by atoms with van der Waals surface area (Å²) in [5.41, 5.74) is 0.703. The minimum absolute atomic E-state index is 0.127. The van der Waals surface area contributed by atoms with E-state index in [1.807, 2.05) is 0 Å². The van der Waals surface area contributed by atoms with E-state index < -0.39 is 5.97 Å². The summed E-state index contributed by atoms with van der Waals surface area (Å²) in [5.74, 6) is -0.975. The molecule has 1 rings (SSSR count). The van der Waals surface area contributed by atoms with Crippen LogP contribution in [0.25, 0.3) is 0 Å². The number of carboxylic acid groups (broad SMARTS) is 1. The van der Waals surface area contributed by atoms with Crippen LogP contribution < -0.4 is 0 Å². The number of hydrogen-bond acceptors (Lipinski definition) is 4. The van der Waals surface area contributed by atoms with E-state index in [0.29, 0.717) is 18.9 Å². The maximum atomic E-state index is 10.5. The van der Waals surface area contributed by atoms with E-state index in [1.165, 1.54) is 6.42 Å². The van der Waals surface area contributed by atoms with Gasteiger partial charge in [0.05, 0.1) is 12.3 Å². The van der Waals surface area contributed by atoms with Crippen LogP contribution in [0.4, 0.5) is 0 Å². The Balaban J connectivity index is 2.23. The quantitative estimate of drug-likeness (QED) is 0.730. The third-order valence-corrected chi connectivity index (χ3v) is 2.76. The van der Waals surface area contributed by atoms with E-state index in [2.05, 4.69) is 11.9 Å². The summed E-state index contributed by atoms with van der Waals surface area (Å²) in [6.07, 6.45) is 3.38. The van der Waals surface area contributed by atoms with E-state index in [9.17, 15) is 4.79 Å². The van der Waals surface area contributed by atoms with Crippen LogP contribution in [0.1, 0.15) is 41.7 Å². The summed E-state index contributed by atoms with van der Waals surface area (Å²) in [6.45, 7) is 3.26. The molecule has 1 N–H and O–H groups in total. The van der Waals surface area contributed by atoms with Crippen molar-refractivity contribution in [2.24, 2.45) is 0 Å². The molecule has 0 aliphatic rings. The highest BCUT2D eigenvalue weighted by molar-refractivity contribution is 7.11. The smallest absolute Gasteiger partial charge is 0.365 e. The van der Waals surface area contributed by atoms with Gasteiger partial charge >= 0.3 is 5.97 Å². The molecular weight excluding hydrogens is 214 g/mol. The summed E-state index contributed by atoms with van der Waals surface area (Å²) in [6, 6.07) is 0. The van der Waals surface area contributed by atoms with Gasteiger partial charge in [-0.15, -0.1) is 11.3 Å². The molecule has 0 atom stereocenters. The minimum Gasteiger partial charge on any atom is -0.476 e. The first kappa shape index (κ1) is 12.1. The lowest BCUT2D eigenvalue weighted by Gasteiger charge is -2.00. The topological polar surface area (TPSA) is 59.4 Å². The van der Waals surface area contributed by atoms with Crippen molar-refractivity contribution in [2.75, 3.05) is 6.61 Å². The zero-order valence-corrected chi connectivity index (χ0v) is 9.55. The van der Waals surface area contributed by atoms with E-state index in [1.54, 1.807) is 5.38 Å². The van der Waals surface area contributed by atoms with E-state index >= 15 is 0 Å². The molecular formula is C10H15NO3S. The average molecular weight is 229 g/mol. The summed E-state index contributed by atoms with van der Waals surface area (Å²) in [4.78, 5) is 14.5. The van der Waals surface area contributed by atoms with Gasteiger partial charge in [0.25, 0.3) is 0 Å². The second kappa shape index (κ2) is 6.53. The van der Waals surface area contributed by atoms with Gasteiger partial charge in [0.2, 0.25) is 5.01 Å². The first-order chi connectivity index (χ1) is 7.24. The van der Waals surface area contributed by atoms with Gasteiger partial charge in [0.1, 0.15) is 0 Å². The van der Waals surface area contributed by atoms with Crippen molar-refractivity contribution >= 4 is 17.3 Å². The largest absolute Gasteiger partial charge is 0.476 e. The van der Waals surface area contributed by atoms with Crippen molar-refractivity contribution in [3.63, 3.8) is 0 Å². The molecule has 0 aliphatic heterocycles. The Labute approximate surface area is 92.9 Å². The number of hydrogen-bond donors (Lipinski definition) is 1. The van der Waals surface area contributed by atoms with Crippen molar-refractivity contribution in [1.82, 2.24) is 4.98 Å². The molecule has 0 fully saturated rings. The summed E-state index contributed by atoms with van der Waals surface area (Å²) >= 11 is 1.14. The lowest BCUT2D eigenvalue weighted by atomic mass is 10.3. The Kier molecular flexibility index (Phi) is 5.28. The molecule has 1 heterocycles. The normalized spacial score (nSPS) is 10.5. The Morgan fingerprint density at radius 2 is 2.40 bits per heavy atom. The minimum atomic E-state index is -0.975. The van der Waals surface area contributed by atoms with E-state index in [4.69, 9.17) is 9.84 Å². The zero-order valence-electron chi connectivity index (χ0n) is 8.73. The number of thiazole rings is 1. The Morgan fingerprint density at radius 3 is 3.00 bits per heavy atom. The number of rotatable bonds is 7. The highest BCUT2D eigenvalue weighted by atomic mass is 32.1. The van der Waals surface area contributed by atoms with Crippen LogP contribution >= 0.6 is 11.3 Å². The van der Waals surface area contributed by atoms with E-state index in [0.717, 1.165) is 24.2 Å². The van der Waals surface area contributed by atoms with Crippen LogP contribution in [0.3, 0.4) is 0 Å². The zero-order chi connectivity index (χ0) is 11.1. The molecule has 0 saturated carbocycles. The number of nitrogens with zero attached hydrogens (tertiary/aromatic N) is 1. The molecule has 5 heteroatoms. The van der Waals surface area contributed by atoms with Gasteiger partial charge in [-0.2, -0.15) is 0 Å². The van der Waals surface area contributed by atoms with Crippen LogP contribution in [0, 0.1) is 0 Å². The molecule has 4 nitrogen and oxygen atoms in total. The van der Waals surface area contributed by atoms with Gasteiger partial charge in [-0.1, -0.05) is 19.8 Å². The van der Waals surface area contributed by atoms with Gasteiger partial charge in [-0.05, 0) is 6.42 Å². The highest BCUT2D eigenvalue weighted by Crippen LogP contribution is 2.10. The van der Waals surface area contributed by atoms with Gasteiger partial charge in [-0.25, -0.2) is 9.78 Å². The third kappa shape index (κ3) is 4.40. The molecule has 0 saturated heterocycles. The molecule has 0 bridgehead atoms. The molecule has 0 spiro atoms. The van der Waals surface area contributed by atoms with Crippen molar-refractivity contribution in [2.45, 2.75) is 32.8 Å². The molecule has 1 aromatic heterocycles. The number of unbranched alkanes of at least 4 members (excludes halogenated alkanes) is 2. The van der Waals surface area contributed by atoms with Crippen molar-refractivity contribution in [3.8, 4) is 0 Å². The predicted octanol–water partition coefficient (Wildman–Crippen LogP) is 2.55. The van der Waals surface area contributed by atoms with Gasteiger partial charge in [0.15, 0.2) is 0 Å². The van der Waals surface area contributed by atoms with Gasteiger partial charge in [0, 0.05) is 12.0 Å². The molecule has 15 heavy (non-hydrogen) atoms. The SMILES string of the molecule is CCCCCOCc1csc(C(=O)O)n1. The fourth-order valence-corrected chi connectivity index (χ4v) is 1.74. The maximum Gasteiger partial charge on any atom is 0.365 e. The molecule has 0 aromatic carbocycles. The summed E-state index contributed by atoms with van der Waals surface area (Å²) < 4.78 is 5.37. The lowest BCUT2D eigenvalue weighted by Crippen LogP contribution is -1.98. The first-order valence-electron chi connectivity index (χ1n) is 4.99. The second-order valence-electron chi connectivity index (χ2n) is 3.21. The van der Waals surface area contributed by atoms with Crippen molar-refractivity contribution in [1.29, 1.82) is 0 Å². The number of aromatic nitrogens is 1. The van der Waals surface area contributed by atoms with Crippen LogP contribution in [-0.4, -0.2) is 22.7 Å². The predicted molar refractivity (Wildman–Crippen MR) is 58.3 cm³/mol. The number of carboxylic acids is 1. The third-order valence-electron chi connectivity index (χ3n) is 1.88. The summed E-state index contributed by atoms with van der Waals surface area (Å²) in [5, 5.41) is 10.5. The van der Waals surface area contributed by atoms with Crippen molar-refractivity contribution in [3.05, 3.63) is 16.1 Å². The first-order valence-corrected chi connectivity index (χ1v) is 5.87. The van der Waals surface area contributed by atoms with Crippen LogP contribution in [0.15, 0.2) is 5.38 Å². The standard InChI is InChI=1S/C10H15NO3S/c1-2-3-4-5-14-6-8-7-15-9(11-8)10(12)13/h7H,2-6H2,1H3,(H,12,13). The maximum absolute atomic E-state index is 10.5. The van der Waals surface area contributed by atoms with Gasteiger partial charge < -0.3 is 9.84 Å². The van der Waals surface area contributed by atoms with Crippen LogP contribution in [-0.2, 0) is 11.3 Å². The Bertz CT molecular complexity index is 311. The van der Waals surface area contributed by atoms with Gasteiger partial charge in [-0.3, -0.25) is 0 Å². The molecule has 0 unspecified atom stereocenters. The molecule has 0 radical (unpaired) electrons. The fourth-order valence-electron chi connectivity index (χ4n) is 1.10. The molecule has 1 aromatic rings. The number of carbonyl (C=O) groups is 1. The molecule has 84 valence electrons. The highest BCUT2D eigenvalue weighted by Gasteiger charge is 2.08. The monoisotopic (exact) mass is 229 g/mol. The fraction of sp³-hybridized carbons (Fsp3) is 0.600. The van der Waals surface area contributed by atoms with E-state index in [-0.39, 0.29) is 5.01 Å². The second-order valence-corrected chi connectivity index (χ2v) is 4.07. The molecule has 0 amide bonds. The van der Waals surface area contributed by atoms with Crippen LogP contribution in [0.2, 0.25) is 0 Å². The van der Waals surface area contributed by atoms with Crippen molar-refractivity contribution < 1.29 is 14.6 Å². The Hall–Kier alpha value is -0.940. The Morgan fingerprint density at radius 1 is 1.60 bits per heavy atom. The number of aromatic carboxylic acids is 1. The number of ether oxygens (including phenoxy) is 1. The lowest BCUT2D eigenvalue weighted by molar-refractivity contribution is 0.0695. The van der Waals surface area contributed by atoms with Crippen LogP contribution in [0.5, 0.6) is 0 Å².